The topological polar surface area (TPSA) is 70.5 Å². The van der Waals surface area contributed by atoms with Crippen molar-refractivity contribution >= 4 is 11.9 Å². The molecular formula is C14H18N2O3. The summed E-state index contributed by atoms with van der Waals surface area (Å²) in [6.07, 6.45) is 3.31. The molecule has 1 N–H and O–H groups in total. The van der Waals surface area contributed by atoms with Crippen molar-refractivity contribution in [3.8, 4) is 0 Å². The summed E-state index contributed by atoms with van der Waals surface area (Å²) in [7, 11) is 0. The normalized spacial score (nSPS) is 22.5. The number of hydrogen-bond donors (Lipinski definition) is 1. The Bertz CT molecular complexity index is 501. The zero-order valence-corrected chi connectivity index (χ0v) is 11.2. The molecule has 0 aromatic carbocycles. The van der Waals surface area contributed by atoms with E-state index >= 15 is 0 Å². The van der Waals surface area contributed by atoms with Crippen LogP contribution in [0.2, 0.25) is 0 Å². The van der Waals surface area contributed by atoms with E-state index in [1.807, 2.05) is 4.90 Å². The quantitative estimate of drug-likeness (QED) is 0.905. The maximum absolute atomic E-state index is 12.4. The van der Waals surface area contributed by atoms with Crippen LogP contribution in [0.25, 0.3) is 0 Å². The van der Waals surface area contributed by atoms with Gasteiger partial charge in [0.05, 0.1) is 0 Å². The molecule has 19 heavy (non-hydrogen) atoms. The van der Waals surface area contributed by atoms with Crippen molar-refractivity contribution in [2.75, 3.05) is 6.54 Å². The third-order valence-electron chi connectivity index (χ3n) is 3.58. The minimum absolute atomic E-state index is 0.0915. The van der Waals surface area contributed by atoms with Crippen molar-refractivity contribution in [3.05, 3.63) is 29.6 Å². The van der Waals surface area contributed by atoms with Gasteiger partial charge in [0.15, 0.2) is 0 Å². The second-order valence-electron chi connectivity index (χ2n) is 5.10. The Morgan fingerprint density at radius 1 is 1.53 bits per heavy atom. The highest BCUT2D eigenvalue weighted by atomic mass is 16.4. The smallest absolute Gasteiger partial charge is 0.354 e. The number of hydrogen-bond acceptors (Lipinski definition) is 3. The average Bonchev–Trinajstić information content (AvgIpc) is 2.79. The van der Waals surface area contributed by atoms with Gasteiger partial charge in [-0.05, 0) is 30.9 Å². The van der Waals surface area contributed by atoms with Gasteiger partial charge in [-0.3, -0.25) is 4.79 Å². The van der Waals surface area contributed by atoms with Crippen LogP contribution in [0, 0.1) is 5.92 Å². The van der Waals surface area contributed by atoms with Gasteiger partial charge in [0.1, 0.15) is 5.69 Å². The number of carbonyl (C=O) groups excluding carboxylic acids is 1. The molecule has 1 fully saturated rings. The summed E-state index contributed by atoms with van der Waals surface area (Å²) in [5.41, 5.74) is 0.311. The molecule has 1 saturated heterocycles. The fraction of sp³-hybridized carbons (Fsp3) is 0.500. The lowest BCUT2D eigenvalue weighted by molar-refractivity contribution is 0.0690. The summed E-state index contributed by atoms with van der Waals surface area (Å²) in [4.78, 5) is 28.9. The molecule has 1 aliphatic heterocycles. The van der Waals surface area contributed by atoms with E-state index in [2.05, 4.69) is 18.8 Å². The second-order valence-corrected chi connectivity index (χ2v) is 5.10. The number of nitrogens with zero attached hydrogens (tertiary/aromatic N) is 2. The molecule has 1 aromatic heterocycles. The molecule has 102 valence electrons. The monoisotopic (exact) mass is 262 g/mol. The lowest BCUT2D eigenvalue weighted by atomic mass is 10.1. The molecule has 0 bridgehead atoms. The van der Waals surface area contributed by atoms with Gasteiger partial charge in [0, 0.05) is 24.3 Å². The van der Waals surface area contributed by atoms with Crippen molar-refractivity contribution in [1.82, 2.24) is 9.88 Å². The molecule has 2 unspecified atom stereocenters. The number of amides is 1. The van der Waals surface area contributed by atoms with Gasteiger partial charge in [-0.1, -0.05) is 13.8 Å². The molecule has 5 heteroatoms. The van der Waals surface area contributed by atoms with E-state index in [0.29, 0.717) is 11.5 Å². The van der Waals surface area contributed by atoms with E-state index in [4.69, 9.17) is 5.11 Å². The third-order valence-corrected chi connectivity index (χ3v) is 3.58. The standard InChI is InChI=1S/C14H18N2O3/c1-3-11-6-9(2)8-16(11)13(17)10-4-5-15-12(7-10)14(18)19/h4-5,7,9,11H,3,6,8H2,1-2H3,(H,18,19). The summed E-state index contributed by atoms with van der Waals surface area (Å²) < 4.78 is 0. The Hall–Kier alpha value is -1.91. The molecule has 2 rings (SSSR count). The van der Waals surface area contributed by atoms with Crippen LogP contribution in [0.4, 0.5) is 0 Å². The number of carbonyl (C=O) groups is 2. The Balaban J connectivity index is 2.24. The van der Waals surface area contributed by atoms with Gasteiger partial charge in [0.2, 0.25) is 0 Å². The molecular weight excluding hydrogens is 244 g/mol. The van der Waals surface area contributed by atoms with Crippen molar-refractivity contribution in [2.45, 2.75) is 32.7 Å². The van der Waals surface area contributed by atoms with Crippen LogP contribution in [0.1, 0.15) is 47.5 Å². The highest BCUT2D eigenvalue weighted by molar-refractivity contribution is 5.97. The number of likely N-dealkylation sites (tertiary alicyclic amines) is 1. The Morgan fingerprint density at radius 2 is 2.26 bits per heavy atom. The predicted octanol–water partition coefficient (Wildman–Crippen LogP) is 2.04. The SMILES string of the molecule is CCC1CC(C)CN1C(=O)c1ccnc(C(=O)O)c1. The Morgan fingerprint density at radius 3 is 2.89 bits per heavy atom. The van der Waals surface area contributed by atoms with Gasteiger partial charge < -0.3 is 10.0 Å². The summed E-state index contributed by atoms with van der Waals surface area (Å²) in [5, 5.41) is 8.91. The van der Waals surface area contributed by atoms with E-state index in [1.54, 1.807) is 6.07 Å². The summed E-state index contributed by atoms with van der Waals surface area (Å²) in [6, 6.07) is 3.18. The van der Waals surface area contributed by atoms with Gasteiger partial charge in [0.25, 0.3) is 5.91 Å². The Kier molecular flexibility index (Phi) is 3.83. The van der Waals surface area contributed by atoms with Crippen molar-refractivity contribution in [3.63, 3.8) is 0 Å². The molecule has 2 atom stereocenters. The van der Waals surface area contributed by atoms with E-state index in [0.717, 1.165) is 19.4 Å². The van der Waals surface area contributed by atoms with Crippen LogP contribution in [0.5, 0.6) is 0 Å². The first-order valence-corrected chi connectivity index (χ1v) is 6.53. The van der Waals surface area contributed by atoms with Crippen molar-refractivity contribution in [1.29, 1.82) is 0 Å². The fourth-order valence-electron chi connectivity index (χ4n) is 2.63. The highest BCUT2D eigenvalue weighted by Crippen LogP contribution is 2.26. The number of rotatable bonds is 3. The first kappa shape index (κ1) is 13.5. The first-order chi connectivity index (χ1) is 9.02. The predicted molar refractivity (Wildman–Crippen MR) is 70.1 cm³/mol. The fourth-order valence-corrected chi connectivity index (χ4v) is 2.63. The van der Waals surface area contributed by atoms with Crippen LogP contribution in [-0.2, 0) is 0 Å². The molecule has 0 radical (unpaired) electrons. The van der Waals surface area contributed by atoms with Crippen molar-refractivity contribution in [2.24, 2.45) is 5.92 Å². The maximum Gasteiger partial charge on any atom is 0.354 e. The molecule has 1 aromatic rings. The molecule has 0 spiro atoms. The summed E-state index contributed by atoms with van der Waals surface area (Å²) in [6.45, 7) is 4.94. The van der Waals surface area contributed by atoms with E-state index in [9.17, 15) is 9.59 Å². The average molecular weight is 262 g/mol. The van der Waals surface area contributed by atoms with E-state index in [-0.39, 0.29) is 17.6 Å². The minimum atomic E-state index is -1.11. The van der Waals surface area contributed by atoms with Crippen LogP contribution in [0.15, 0.2) is 18.3 Å². The molecule has 1 aliphatic rings. The largest absolute Gasteiger partial charge is 0.477 e. The second kappa shape index (κ2) is 5.38. The number of pyridine rings is 1. The van der Waals surface area contributed by atoms with Crippen LogP contribution in [0.3, 0.4) is 0 Å². The Labute approximate surface area is 112 Å². The summed E-state index contributed by atoms with van der Waals surface area (Å²) in [5.74, 6) is -0.715. The van der Waals surface area contributed by atoms with Crippen LogP contribution in [-0.4, -0.2) is 39.5 Å². The number of aromatic nitrogens is 1. The number of carboxylic acids is 1. The molecule has 0 saturated carbocycles. The van der Waals surface area contributed by atoms with E-state index < -0.39 is 5.97 Å². The van der Waals surface area contributed by atoms with Gasteiger partial charge >= 0.3 is 5.97 Å². The van der Waals surface area contributed by atoms with E-state index in [1.165, 1.54) is 12.3 Å². The maximum atomic E-state index is 12.4. The van der Waals surface area contributed by atoms with Crippen LogP contribution < -0.4 is 0 Å². The number of carboxylic acid groups (broad SMARTS) is 1. The van der Waals surface area contributed by atoms with Gasteiger partial charge in [-0.25, -0.2) is 9.78 Å². The zero-order chi connectivity index (χ0) is 14.0. The van der Waals surface area contributed by atoms with Gasteiger partial charge in [-0.15, -0.1) is 0 Å². The highest BCUT2D eigenvalue weighted by Gasteiger charge is 2.32. The minimum Gasteiger partial charge on any atom is -0.477 e. The molecule has 5 nitrogen and oxygen atoms in total. The first-order valence-electron chi connectivity index (χ1n) is 6.53. The van der Waals surface area contributed by atoms with Crippen LogP contribution >= 0.6 is 0 Å². The lowest BCUT2D eigenvalue weighted by Crippen LogP contribution is -2.35. The third kappa shape index (κ3) is 2.75. The van der Waals surface area contributed by atoms with Gasteiger partial charge in [-0.2, -0.15) is 0 Å². The summed E-state index contributed by atoms with van der Waals surface area (Å²) >= 11 is 0. The lowest BCUT2D eigenvalue weighted by Gasteiger charge is -2.23. The molecule has 0 aliphatic carbocycles. The molecule has 2 heterocycles. The van der Waals surface area contributed by atoms with Crippen molar-refractivity contribution < 1.29 is 14.7 Å². The zero-order valence-electron chi connectivity index (χ0n) is 11.2. The molecule has 1 amide bonds. The number of aromatic carboxylic acids is 1.